The number of nitrogens with zero attached hydrogens (tertiary/aromatic N) is 2. The Morgan fingerprint density at radius 1 is 1.13 bits per heavy atom. The quantitative estimate of drug-likeness (QED) is 0.738. The van der Waals surface area contributed by atoms with E-state index in [9.17, 15) is 9.59 Å². The summed E-state index contributed by atoms with van der Waals surface area (Å²) in [6.45, 7) is 5.67. The Kier molecular flexibility index (Phi) is 6.64. The lowest BCUT2D eigenvalue weighted by molar-refractivity contribution is -0.144. The van der Waals surface area contributed by atoms with Gasteiger partial charge in [0.1, 0.15) is 12.3 Å². The molecule has 0 radical (unpaired) electrons. The minimum atomic E-state index is -0.571. The average molecular weight is 424 g/mol. The zero-order valence-electron chi connectivity index (χ0n) is 18.5. The van der Waals surface area contributed by atoms with E-state index in [1.807, 2.05) is 54.1 Å². The van der Waals surface area contributed by atoms with Crippen LogP contribution in [0.2, 0.25) is 0 Å². The molecule has 4 rings (SSSR count). The van der Waals surface area contributed by atoms with E-state index in [1.54, 1.807) is 4.90 Å². The first-order chi connectivity index (χ1) is 15.0. The second-order valence-corrected chi connectivity index (χ2v) is 8.84. The normalized spacial score (nSPS) is 23.4. The van der Waals surface area contributed by atoms with Crippen LogP contribution >= 0.6 is 0 Å². The van der Waals surface area contributed by atoms with E-state index >= 15 is 0 Å². The summed E-state index contributed by atoms with van der Waals surface area (Å²) in [6.07, 6.45) is 6.91. The summed E-state index contributed by atoms with van der Waals surface area (Å²) in [7, 11) is 0. The molecule has 166 valence electrons. The van der Waals surface area contributed by atoms with Crippen molar-refractivity contribution in [3.63, 3.8) is 0 Å². The third-order valence-corrected chi connectivity index (χ3v) is 6.57. The van der Waals surface area contributed by atoms with Crippen molar-refractivity contribution in [3.8, 4) is 5.75 Å². The second-order valence-electron chi connectivity index (χ2n) is 8.84. The predicted molar refractivity (Wildman–Crippen MR) is 120 cm³/mol. The van der Waals surface area contributed by atoms with Crippen molar-refractivity contribution >= 4 is 11.8 Å². The molecule has 1 unspecified atom stereocenters. The molecule has 1 aromatic heterocycles. The van der Waals surface area contributed by atoms with Crippen LogP contribution in [0.5, 0.6) is 5.75 Å². The second kappa shape index (κ2) is 9.58. The molecule has 1 saturated carbocycles. The molecule has 2 aliphatic rings. The molecule has 6 heteroatoms. The number of benzene rings is 1. The Morgan fingerprint density at radius 2 is 1.87 bits per heavy atom. The van der Waals surface area contributed by atoms with E-state index in [4.69, 9.17) is 4.74 Å². The SMILES string of the molecule is CCOc1ccc(CCN2C(=O)Cn3cccc3C2C(=O)NC2CCC(C)CC2)cc1. The molecule has 31 heavy (non-hydrogen) atoms. The molecule has 2 aromatic rings. The standard InChI is InChI=1S/C25H33N3O3/c1-3-31-21-12-8-19(9-13-21)14-16-28-23(29)17-27-15-4-5-22(27)24(28)25(30)26-20-10-6-18(2)7-11-20/h4-5,8-9,12-13,15,18,20,24H,3,6-7,10-11,14,16-17H2,1-2H3,(H,26,30). The molecule has 2 amide bonds. The van der Waals surface area contributed by atoms with Crippen LogP contribution in [0.25, 0.3) is 0 Å². The van der Waals surface area contributed by atoms with Crippen LogP contribution in [0.4, 0.5) is 0 Å². The molecule has 1 atom stereocenters. The maximum atomic E-state index is 13.4. The molecule has 1 aromatic carbocycles. The molecule has 1 aliphatic heterocycles. The number of fused-ring (bicyclic) bond motifs is 1. The van der Waals surface area contributed by atoms with E-state index < -0.39 is 6.04 Å². The Bertz CT molecular complexity index is 897. The number of carbonyl (C=O) groups is 2. The lowest BCUT2D eigenvalue weighted by Gasteiger charge is -2.37. The van der Waals surface area contributed by atoms with E-state index in [2.05, 4.69) is 12.2 Å². The fraction of sp³-hybridized carbons (Fsp3) is 0.520. The minimum Gasteiger partial charge on any atom is -0.494 e. The summed E-state index contributed by atoms with van der Waals surface area (Å²) in [4.78, 5) is 28.1. The van der Waals surface area contributed by atoms with Gasteiger partial charge in [0.15, 0.2) is 6.04 Å². The number of hydrogen-bond acceptors (Lipinski definition) is 3. The molecular formula is C25H33N3O3. The molecule has 6 nitrogen and oxygen atoms in total. The van der Waals surface area contributed by atoms with Gasteiger partial charge in [-0.2, -0.15) is 0 Å². The first-order valence-electron chi connectivity index (χ1n) is 11.5. The van der Waals surface area contributed by atoms with Gasteiger partial charge in [-0.3, -0.25) is 9.59 Å². The van der Waals surface area contributed by atoms with Gasteiger partial charge in [-0.25, -0.2) is 0 Å². The van der Waals surface area contributed by atoms with Crippen LogP contribution < -0.4 is 10.1 Å². The number of aromatic nitrogens is 1. The molecule has 1 aliphatic carbocycles. The zero-order valence-corrected chi connectivity index (χ0v) is 18.5. The smallest absolute Gasteiger partial charge is 0.249 e. The topological polar surface area (TPSA) is 63.6 Å². The first kappa shape index (κ1) is 21.5. The van der Waals surface area contributed by atoms with Crippen molar-refractivity contribution in [3.05, 3.63) is 53.9 Å². The van der Waals surface area contributed by atoms with E-state index in [1.165, 1.54) is 0 Å². The number of hydrogen-bond donors (Lipinski definition) is 1. The summed E-state index contributed by atoms with van der Waals surface area (Å²) in [5.74, 6) is 1.51. The minimum absolute atomic E-state index is 0.00736. The van der Waals surface area contributed by atoms with Gasteiger partial charge in [-0.05, 0) is 74.8 Å². The number of rotatable bonds is 7. The van der Waals surface area contributed by atoms with Gasteiger partial charge in [-0.1, -0.05) is 19.1 Å². The van der Waals surface area contributed by atoms with Gasteiger partial charge in [0, 0.05) is 18.8 Å². The lowest BCUT2D eigenvalue weighted by atomic mass is 9.87. The fourth-order valence-electron chi connectivity index (χ4n) is 4.74. The van der Waals surface area contributed by atoms with Gasteiger partial charge < -0.3 is 19.5 Å². The van der Waals surface area contributed by atoms with E-state index in [-0.39, 0.29) is 24.4 Å². The van der Waals surface area contributed by atoms with Gasteiger partial charge in [0.05, 0.1) is 12.3 Å². The monoisotopic (exact) mass is 423 g/mol. The van der Waals surface area contributed by atoms with Crippen LogP contribution in [0.3, 0.4) is 0 Å². The number of carbonyl (C=O) groups excluding carboxylic acids is 2. The summed E-state index contributed by atoms with van der Waals surface area (Å²) in [5.41, 5.74) is 2.02. The third kappa shape index (κ3) is 4.94. The predicted octanol–water partition coefficient (Wildman–Crippen LogP) is 3.71. The first-order valence-corrected chi connectivity index (χ1v) is 11.5. The third-order valence-electron chi connectivity index (χ3n) is 6.57. The highest BCUT2D eigenvalue weighted by atomic mass is 16.5. The molecule has 0 spiro atoms. The molecule has 0 saturated heterocycles. The maximum absolute atomic E-state index is 13.4. The van der Waals surface area contributed by atoms with Crippen LogP contribution in [0.15, 0.2) is 42.6 Å². The van der Waals surface area contributed by atoms with Crippen molar-refractivity contribution in [2.75, 3.05) is 13.2 Å². The van der Waals surface area contributed by atoms with Crippen LogP contribution in [-0.2, 0) is 22.6 Å². The van der Waals surface area contributed by atoms with E-state index in [0.717, 1.165) is 48.6 Å². The highest BCUT2D eigenvalue weighted by molar-refractivity contribution is 5.90. The summed E-state index contributed by atoms with van der Waals surface area (Å²) >= 11 is 0. The Labute approximate surface area is 184 Å². The Balaban J connectivity index is 1.47. The van der Waals surface area contributed by atoms with Crippen LogP contribution in [0, 0.1) is 5.92 Å². The number of nitrogens with one attached hydrogen (secondary N) is 1. The maximum Gasteiger partial charge on any atom is 0.249 e. The molecule has 0 bridgehead atoms. The van der Waals surface area contributed by atoms with Crippen molar-refractivity contribution in [1.29, 1.82) is 0 Å². The molecule has 1 N–H and O–H groups in total. The van der Waals surface area contributed by atoms with Crippen molar-refractivity contribution in [2.24, 2.45) is 5.92 Å². The van der Waals surface area contributed by atoms with Crippen LogP contribution in [0.1, 0.15) is 56.8 Å². The summed E-state index contributed by atoms with van der Waals surface area (Å²) in [5, 5.41) is 3.25. The summed E-state index contributed by atoms with van der Waals surface area (Å²) < 4.78 is 7.42. The van der Waals surface area contributed by atoms with Crippen molar-refractivity contribution < 1.29 is 14.3 Å². The zero-order chi connectivity index (χ0) is 21.8. The lowest BCUT2D eigenvalue weighted by Crippen LogP contribution is -2.51. The van der Waals surface area contributed by atoms with Crippen molar-refractivity contribution in [2.45, 2.75) is 64.6 Å². The highest BCUT2D eigenvalue weighted by Gasteiger charge is 2.38. The fourth-order valence-corrected chi connectivity index (χ4v) is 4.74. The van der Waals surface area contributed by atoms with Gasteiger partial charge >= 0.3 is 0 Å². The van der Waals surface area contributed by atoms with Crippen LogP contribution in [-0.4, -0.2) is 40.5 Å². The number of amides is 2. The Hall–Kier alpha value is -2.76. The molecule has 1 fully saturated rings. The van der Waals surface area contributed by atoms with Crippen molar-refractivity contribution in [1.82, 2.24) is 14.8 Å². The van der Waals surface area contributed by atoms with Gasteiger partial charge in [0.25, 0.3) is 0 Å². The Morgan fingerprint density at radius 3 is 2.58 bits per heavy atom. The van der Waals surface area contributed by atoms with E-state index in [0.29, 0.717) is 19.6 Å². The average Bonchev–Trinajstić information content (AvgIpc) is 3.22. The highest BCUT2D eigenvalue weighted by Crippen LogP contribution is 2.29. The summed E-state index contributed by atoms with van der Waals surface area (Å²) in [6, 6.07) is 11.5. The largest absolute Gasteiger partial charge is 0.494 e. The van der Waals surface area contributed by atoms with Gasteiger partial charge in [-0.15, -0.1) is 0 Å². The van der Waals surface area contributed by atoms with Gasteiger partial charge in [0.2, 0.25) is 11.8 Å². The molecular weight excluding hydrogens is 390 g/mol. The molecule has 2 heterocycles. The number of ether oxygens (including phenoxy) is 1.